The number of rotatable bonds is 3. The minimum Gasteiger partial charge on any atom is -0.497 e. The molecule has 2 aromatic carbocycles. The molecule has 0 amide bonds. The zero-order valence-electron chi connectivity index (χ0n) is 10.5. The van der Waals surface area contributed by atoms with Gasteiger partial charge in [0.25, 0.3) is 0 Å². The monoisotopic (exact) mass is 278 g/mol. The molecule has 0 atom stereocenters. The van der Waals surface area contributed by atoms with Crippen molar-refractivity contribution in [1.82, 2.24) is 0 Å². The van der Waals surface area contributed by atoms with Gasteiger partial charge >= 0.3 is 0 Å². The molecule has 0 aliphatic carbocycles. The number of halogens is 2. The van der Waals surface area contributed by atoms with Crippen LogP contribution in [0.4, 0.5) is 4.39 Å². The number of ketones is 1. The average Bonchev–Trinajstić information content (AvgIpc) is 2.38. The molecule has 0 saturated heterocycles. The SMILES string of the molecule is COc1ccc(C(=O)c2c(F)cccc2Cl)c(C)c1. The third-order valence-corrected chi connectivity index (χ3v) is 3.18. The first-order chi connectivity index (χ1) is 9.04. The molecule has 0 saturated carbocycles. The molecule has 4 heteroatoms. The molecular weight excluding hydrogens is 267 g/mol. The number of benzene rings is 2. The van der Waals surface area contributed by atoms with E-state index in [1.54, 1.807) is 32.2 Å². The second kappa shape index (κ2) is 5.41. The highest BCUT2D eigenvalue weighted by Gasteiger charge is 2.19. The lowest BCUT2D eigenvalue weighted by atomic mass is 9.98. The minimum absolute atomic E-state index is 0.0996. The van der Waals surface area contributed by atoms with E-state index in [1.165, 1.54) is 18.2 Å². The average molecular weight is 279 g/mol. The van der Waals surface area contributed by atoms with Crippen molar-refractivity contribution < 1.29 is 13.9 Å². The van der Waals surface area contributed by atoms with Crippen LogP contribution in [0.25, 0.3) is 0 Å². The van der Waals surface area contributed by atoms with E-state index in [9.17, 15) is 9.18 Å². The Morgan fingerprint density at radius 2 is 2.00 bits per heavy atom. The van der Waals surface area contributed by atoms with Crippen LogP contribution in [0, 0.1) is 12.7 Å². The van der Waals surface area contributed by atoms with E-state index >= 15 is 0 Å². The predicted molar refractivity (Wildman–Crippen MR) is 72.6 cm³/mol. The molecule has 0 radical (unpaired) electrons. The van der Waals surface area contributed by atoms with Crippen LogP contribution in [0.15, 0.2) is 36.4 Å². The molecule has 2 aromatic rings. The van der Waals surface area contributed by atoms with Crippen molar-refractivity contribution in [1.29, 1.82) is 0 Å². The Labute approximate surface area is 115 Å². The first-order valence-corrected chi connectivity index (χ1v) is 6.05. The van der Waals surface area contributed by atoms with Crippen LogP contribution < -0.4 is 4.74 Å². The highest BCUT2D eigenvalue weighted by Crippen LogP contribution is 2.25. The van der Waals surface area contributed by atoms with Crippen molar-refractivity contribution in [3.05, 3.63) is 63.9 Å². The Balaban J connectivity index is 2.51. The first-order valence-electron chi connectivity index (χ1n) is 5.68. The molecule has 0 N–H and O–H groups in total. The van der Waals surface area contributed by atoms with E-state index in [-0.39, 0.29) is 10.6 Å². The molecule has 0 fully saturated rings. The lowest BCUT2D eigenvalue weighted by molar-refractivity contribution is 0.103. The summed E-state index contributed by atoms with van der Waals surface area (Å²) in [6.45, 7) is 1.77. The molecule has 0 spiro atoms. The molecule has 0 aliphatic rings. The van der Waals surface area contributed by atoms with E-state index in [1.807, 2.05) is 0 Å². The smallest absolute Gasteiger partial charge is 0.197 e. The molecule has 0 unspecified atom stereocenters. The van der Waals surface area contributed by atoms with Crippen LogP contribution in [0.2, 0.25) is 5.02 Å². The van der Waals surface area contributed by atoms with E-state index in [2.05, 4.69) is 0 Å². The van der Waals surface area contributed by atoms with Crippen molar-refractivity contribution in [3.63, 3.8) is 0 Å². The van der Waals surface area contributed by atoms with Gasteiger partial charge in [-0.1, -0.05) is 17.7 Å². The Kier molecular flexibility index (Phi) is 3.86. The molecule has 19 heavy (non-hydrogen) atoms. The number of aryl methyl sites for hydroxylation is 1. The molecular formula is C15H12ClFO2. The van der Waals surface area contributed by atoms with Crippen molar-refractivity contribution in [2.45, 2.75) is 6.92 Å². The summed E-state index contributed by atoms with van der Waals surface area (Å²) in [5.41, 5.74) is 1.02. The lowest BCUT2D eigenvalue weighted by Gasteiger charge is -2.09. The summed E-state index contributed by atoms with van der Waals surface area (Å²) in [5, 5.41) is 0.111. The first kappa shape index (κ1) is 13.6. The standard InChI is InChI=1S/C15H12ClFO2/c1-9-8-10(19-2)6-7-11(9)15(18)14-12(16)4-3-5-13(14)17/h3-8H,1-2H3. The van der Waals surface area contributed by atoms with Crippen molar-refractivity contribution in [2.75, 3.05) is 7.11 Å². The van der Waals surface area contributed by atoms with Crippen LogP contribution in [0.1, 0.15) is 21.5 Å². The number of ether oxygens (including phenoxy) is 1. The normalized spacial score (nSPS) is 10.3. The third kappa shape index (κ3) is 2.61. The van der Waals surface area contributed by atoms with Gasteiger partial charge in [0.05, 0.1) is 17.7 Å². The van der Waals surface area contributed by atoms with Gasteiger partial charge in [0, 0.05) is 5.56 Å². The quantitative estimate of drug-likeness (QED) is 0.793. The number of carbonyl (C=O) groups excluding carboxylic acids is 1. The number of hydrogen-bond acceptors (Lipinski definition) is 2. The summed E-state index contributed by atoms with van der Waals surface area (Å²) >= 11 is 5.90. The second-order valence-electron chi connectivity index (χ2n) is 4.11. The van der Waals surface area contributed by atoms with E-state index in [4.69, 9.17) is 16.3 Å². The summed E-state index contributed by atoms with van der Waals surface area (Å²) in [5.74, 6) is -0.398. The highest BCUT2D eigenvalue weighted by atomic mass is 35.5. The highest BCUT2D eigenvalue weighted by molar-refractivity contribution is 6.35. The Morgan fingerprint density at radius 3 is 2.58 bits per heavy atom. The van der Waals surface area contributed by atoms with Crippen LogP contribution in [0.3, 0.4) is 0 Å². The Morgan fingerprint density at radius 1 is 1.26 bits per heavy atom. The largest absolute Gasteiger partial charge is 0.497 e. The summed E-state index contributed by atoms with van der Waals surface area (Å²) in [4.78, 5) is 12.3. The summed E-state index contributed by atoms with van der Waals surface area (Å²) in [6, 6.07) is 9.18. The number of methoxy groups -OCH3 is 1. The number of carbonyl (C=O) groups is 1. The molecule has 0 heterocycles. The van der Waals surface area contributed by atoms with Gasteiger partial charge in [-0.15, -0.1) is 0 Å². The molecule has 0 aliphatic heterocycles. The zero-order chi connectivity index (χ0) is 14.0. The molecule has 0 bridgehead atoms. The van der Waals surface area contributed by atoms with E-state index in [0.717, 1.165) is 0 Å². The fourth-order valence-corrected chi connectivity index (χ4v) is 2.12. The third-order valence-electron chi connectivity index (χ3n) is 2.87. The van der Waals surface area contributed by atoms with E-state index in [0.29, 0.717) is 16.9 Å². The molecule has 2 nitrogen and oxygen atoms in total. The van der Waals surface area contributed by atoms with Crippen LogP contribution >= 0.6 is 11.6 Å². The second-order valence-corrected chi connectivity index (χ2v) is 4.51. The van der Waals surface area contributed by atoms with Crippen molar-refractivity contribution in [2.24, 2.45) is 0 Å². The maximum absolute atomic E-state index is 13.7. The van der Waals surface area contributed by atoms with Crippen molar-refractivity contribution in [3.8, 4) is 5.75 Å². The van der Waals surface area contributed by atoms with Gasteiger partial charge in [0.2, 0.25) is 0 Å². The van der Waals surface area contributed by atoms with Gasteiger partial charge in [-0.2, -0.15) is 0 Å². The van der Waals surface area contributed by atoms with Crippen LogP contribution in [-0.4, -0.2) is 12.9 Å². The fourth-order valence-electron chi connectivity index (χ4n) is 1.87. The Bertz CT molecular complexity index is 618. The van der Waals surface area contributed by atoms with Gasteiger partial charge in [0.1, 0.15) is 11.6 Å². The summed E-state index contributed by atoms with van der Waals surface area (Å²) < 4.78 is 18.8. The predicted octanol–water partition coefficient (Wildman–Crippen LogP) is 4.03. The molecule has 0 aromatic heterocycles. The summed E-state index contributed by atoms with van der Waals surface area (Å²) in [7, 11) is 1.55. The van der Waals surface area contributed by atoms with Gasteiger partial charge in [-0.25, -0.2) is 4.39 Å². The minimum atomic E-state index is -0.618. The van der Waals surface area contributed by atoms with E-state index < -0.39 is 11.6 Å². The fraction of sp³-hybridized carbons (Fsp3) is 0.133. The van der Waals surface area contributed by atoms with Gasteiger partial charge in [-0.05, 0) is 42.8 Å². The maximum Gasteiger partial charge on any atom is 0.197 e. The van der Waals surface area contributed by atoms with Crippen molar-refractivity contribution >= 4 is 17.4 Å². The zero-order valence-corrected chi connectivity index (χ0v) is 11.3. The molecule has 2 rings (SSSR count). The summed E-state index contributed by atoms with van der Waals surface area (Å²) in [6.07, 6.45) is 0. The molecule has 98 valence electrons. The van der Waals surface area contributed by atoms with Gasteiger partial charge in [0.15, 0.2) is 5.78 Å². The Hall–Kier alpha value is -1.87. The topological polar surface area (TPSA) is 26.3 Å². The van der Waals surface area contributed by atoms with Crippen LogP contribution in [-0.2, 0) is 0 Å². The van der Waals surface area contributed by atoms with Gasteiger partial charge < -0.3 is 4.74 Å². The van der Waals surface area contributed by atoms with Crippen LogP contribution in [0.5, 0.6) is 5.75 Å². The number of hydrogen-bond donors (Lipinski definition) is 0. The maximum atomic E-state index is 13.7. The lowest BCUT2D eigenvalue weighted by Crippen LogP contribution is -2.07. The van der Waals surface area contributed by atoms with Gasteiger partial charge in [-0.3, -0.25) is 4.79 Å².